The predicted molar refractivity (Wildman–Crippen MR) is 297 cm³/mol. The Balaban J connectivity index is 4.32. The molecule has 0 saturated heterocycles. The van der Waals surface area contributed by atoms with E-state index in [1.165, 1.54) is 122 Å². The van der Waals surface area contributed by atoms with E-state index in [-0.39, 0.29) is 31.1 Å². The van der Waals surface area contributed by atoms with E-state index in [0.717, 1.165) is 116 Å². The Morgan fingerprint density at radius 2 is 0.580 bits per heavy atom. The van der Waals surface area contributed by atoms with Crippen molar-refractivity contribution >= 4 is 17.9 Å². The second-order valence-electron chi connectivity index (χ2n) is 19.2. The van der Waals surface area contributed by atoms with Crippen molar-refractivity contribution in [1.82, 2.24) is 0 Å². The van der Waals surface area contributed by atoms with Gasteiger partial charge in [0.05, 0.1) is 0 Å². The van der Waals surface area contributed by atoms with Crippen LogP contribution >= 0.6 is 0 Å². The van der Waals surface area contributed by atoms with Gasteiger partial charge < -0.3 is 14.2 Å². The van der Waals surface area contributed by atoms with Gasteiger partial charge in [-0.2, -0.15) is 0 Å². The van der Waals surface area contributed by atoms with Crippen molar-refractivity contribution in [3.05, 3.63) is 85.1 Å². The van der Waals surface area contributed by atoms with E-state index in [2.05, 4.69) is 106 Å². The van der Waals surface area contributed by atoms with Crippen molar-refractivity contribution in [2.24, 2.45) is 0 Å². The lowest BCUT2D eigenvalue weighted by molar-refractivity contribution is -0.167. The van der Waals surface area contributed by atoms with Crippen LogP contribution in [0.3, 0.4) is 0 Å². The maximum Gasteiger partial charge on any atom is 0.306 e. The van der Waals surface area contributed by atoms with Crippen LogP contribution in [0.15, 0.2) is 85.1 Å². The number of unbranched alkanes of at least 4 members (excludes halogenated alkanes) is 27. The third kappa shape index (κ3) is 55.4. The summed E-state index contributed by atoms with van der Waals surface area (Å²) >= 11 is 0. The van der Waals surface area contributed by atoms with Crippen LogP contribution in [0, 0.1) is 0 Å². The molecule has 0 aliphatic heterocycles. The molecular weight excluding hydrogens is 853 g/mol. The normalized spacial score (nSPS) is 12.7. The number of esters is 3. The number of allylic oxidation sites excluding steroid dienone is 14. The zero-order valence-electron chi connectivity index (χ0n) is 45.3. The largest absolute Gasteiger partial charge is 0.462 e. The summed E-state index contributed by atoms with van der Waals surface area (Å²) in [6.45, 7) is 6.48. The number of carbonyl (C=O) groups is 3. The van der Waals surface area contributed by atoms with Gasteiger partial charge in [0.15, 0.2) is 6.10 Å². The van der Waals surface area contributed by atoms with Gasteiger partial charge in [-0.1, -0.05) is 254 Å². The van der Waals surface area contributed by atoms with E-state index in [1.54, 1.807) is 0 Å². The van der Waals surface area contributed by atoms with Crippen LogP contribution in [0.25, 0.3) is 0 Å². The average molecular weight is 962 g/mol. The summed E-state index contributed by atoms with van der Waals surface area (Å²) < 4.78 is 16.8. The molecule has 1 atom stereocenters. The monoisotopic (exact) mass is 961 g/mol. The first-order valence-corrected chi connectivity index (χ1v) is 29.1. The third-order valence-corrected chi connectivity index (χ3v) is 12.4. The molecule has 6 nitrogen and oxygen atoms in total. The summed E-state index contributed by atoms with van der Waals surface area (Å²) in [5, 5.41) is 0. The molecule has 0 aromatic carbocycles. The number of carbonyl (C=O) groups excluding carboxylic acids is 3. The lowest BCUT2D eigenvalue weighted by Crippen LogP contribution is -2.30. The zero-order valence-corrected chi connectivity index (χ0v) is 45.3. The molecule has 0 N–H and O–H groups in total. The molecule has 0 saturated carbocycles. The molecule has 0 aromatic rings. The van der Waals surface area contributed by atoms with E-state index in [4.69, 9.17) is 14.2 Å². The van der Waals surface area contributed by atoms with E-state index < -0.39 is 6.10 Å². The topological polar surface area (TPSA) is 78.9 Å². The molecule has 0 aliphatic carbocycles. The number of hydrogen-bond acceptors (Lipinski definition) is 6. The van der Waals surface area contributed by atoms with Gasteiger partial charge in [-0.25, -0.2) is 0 Å². The maximum atomic E-state index is 12.8. The highest BCUT2D eigenvalue weighted by Crippen LogP contribution is 2.16. The van der Waals surface area contributed by atoms with Crippen LogP contribution in [-0.4, -0.2) is 37.2 Å². The summed E-state index contributed by atoms with van der Waals surface area (Å²) in [6.07, 6.45) is 74.3. The number of ether oxygens (including phenoxy) is 3. The summed E-state index contributed by atoms with van der Waals surface area (Å²) in [7, 11) is 0. The van der Waals surface area contributed by atoms with E-state index in [9.17, 15) is 14.4 Å². The quantitative estimate of drug-likeness (QED) is 0.0262. The predicted octanol–water partition coefficient (Wildman–Crippen LogP) is 19.5. The molecule has 0 rings (SSSR count). The Morgan fingerprint density at radius 1 is 0.304 bits per heavy atom. The Hall–Kier alpha value is -3.41. The van der Waals surface area contributed by atoms with Gasteiger partial charge in [-0.05, 0) is 89.9 Å². The van der Waals surface area contributed by atoms with Crippen molar-refractivity contribution in [2.75, 3.05) is 13.2 Å². The van der Waals surface area contributed by atoms with Crippen molar-refractivity contribution in [3.8, 4) is 0 Å². The molecule has 0 radical (unpaired) electrons. The Labute approximate surface area is 426 Å². The first kappa shape index (κ1) is 65.6. The number of rotatable bonds is 52. The molecule has 0 heterocycles. The second-order valence-corrected chi connectivity index (χ2v) is 19.2. The fourth-order valence-corrected chi connectivity index (χ4v) is 8.02. The van der Waals surface area contributed by atoms with Gasteiger partial charge >= 0.3 is 17.9 Å². The minimum atomic E-state index is -0.784. The van der Waals surface area contributed by atoms with Gasteiger partial charge in [0.1, 0.15) is 13.2 Å². The van der Waals surface area contributed by atoms with Crippen LogP contribution in [0.1, 0.15) is 278 Å². The Bertz CT molecular complexity index is 1330. The minimum Gasteiger partial charge on any atom is -0.462 e. The number of hydrogen-bond donors (Lipinski definition) is 0. The highest BCUT2D eigenvalue weighted by Gasteiger charge is 2.19. The van der Waals surface area contributed by atoms with Crippen LogP contribution in [0.2, 0.25) is 0 Å². The van der Waals surface area contributed by atoms with Crippen LogP contribution in [-0.2, 0) is 28.6 Å². The van der Waals surface area contributed by atoms with Crippen LogP contribution in [0.5, 0.6) is 0 Å². The van der Waals surface area contributed by atoms with E-state index in [0.29, 0.717) is 19.3 Å². The highest BCUT2D eigenvalue weighted by atomic mass is 16.6. The zero-order chi connectivity index (χ0) is 50.0. The molecule has 0 amide bonds. The second kappa shape index (κ2) is 57.2. The first-order valence-electron chi connectivity index (χ1n) is 29.1. The molecule has 1 unspecified atom stereocenters. The minimum absolute atomic E-state index is 0.0837. The van der Waals surface area contributed by atoms with Gasteiger partial charge in [-0.3, -0.25) is 14.4 Å². The van der Waals surface area contributed by atoms with Crippen molar-refractivity contribution in [3.63, 3.8) is 0 Å². The lowest BCUT2D eigenvalue weighted by Gasteiger charge is -2.18. The van der Waals surface area contributed by atoms with E-state index in [1.807, 2.05) is 0 Å². The molecule has 0 fully saturated rings. The first-order chi connectivity index (χ1) is 34.0. The lowest BCUT2D eigenvalue weighted by atomic mass is 10.0. The molecule has 6 heteroatoms. The average Bonchev–Trinajstić information content (AvgIpc) is 3.35. The van der Waals surface area contributed by atoms with Gasteiger partial charge in [0, 0.05) is 19.3 Å². The summed E-state index contributed by atoms with van der Waals surface area (Å²) in [4.78, 5) is 38.1. The van der Waals surface area contributed by atoms with Crippen LogP contribution < -0.4 is 0 Å². The summed E-state index contributed by atoms with van der Waals surface area (Å²) in [5.41, 5.74) is 0. The van der Waals surface area contributed by atoms with Gasteiger partial charge in [0.25, 0.3) is 0 Å². The highest BCUT2D eigenvalue weighted by molar-refractivity contribution is 5.71. The van der Waals surface area contributed by atoms with Crippen molar-refractivity contribution in [2.45, 2.75) is 284 Å². The fourth-order valence-electron chi connectivity index (χ4n) is 8.02. The fraction of sp³-hybridized carbons (Fsp3) is 0.730. The Morgan fingerprint density at radius 3 is 0.942 bits per heavy atom. The molecule has 396 valence electrons. The van der Waals surface area contributed by atoms with E-state index >= 15 is 0 Å². The SMILES string of the molecule is CC/C=C\C/C=C\C/C=C\C/C=C\C/C=C\C/C=C\CCCCCCCCC(=O)OCC(COC(=O)CCCCCCC/C=C\CCCC)OC(=O)CCCCCCCCCCCCCCCCC. The van der Waals surface area contributed by atoms with Crippen molar-refractivity contribution in [1.29, 1.82) is 0 Å². The molecule has 0 bridgehead atoms. The molecule has 0 aliphatic rings. The molecule has 0 aromatic heterocycles. The van der Waals surface area contributed by atoms with Gasteiger partial charge in [0.2, 0.25) is 0 Å². The third-order valence-electron chi connectivity index (χ3n) is 12.4. The molecule has 0 spiro atoms. The smallest absolute Gasteiger partial charge is 0.306 e. The van der Waals surface area contributed by atoms with Gasteiger partial charge in [-0.15, -0.1) is 0 Å². The maximum absolute atomic E-state index is 12.8. The summed E-state index contributed by atoms with van der Waals surface area (Å²) in [6, 6.07) is 0. The Kier molecular flexibility index (Phi) is 54.3. The molecular formula is C63H108O6. The van der Waals surface area contributed by atoms with Crippen LogP contribution in [0.4, 0.5) is 0 Å². The molecule has 69 heavy (non-hydrogen) atoms. The van der Waals surface area contributed by atoms with Crippen molar-refractivity contribution < 1.29 is 28.6 Å². The standard InChI is InChI=1S/C63H108O6/c1-4-7-10-13-16-19-22-24-26-27-28-29-30-31-32-33-34-35-37-38-41-44-47-50-53-56-62(65)68-59-60(58-67-61(64)55-52-49-46-43-40-21-18-15-12-9-6-3)69-63(66)57-54-51-48-45-42-39-36-25-23-20-17-14-11-8-5-2/h7,10,15-16,18-19,24,26,28-29,31-32,34-35,60H,4-6,8-9,11-14,17,20-23,25,27,30,33,36-59H2,1-3H3/b10-7-,18-15-,19-16-,26-24-,29-28-,32-31-,35-34-. The summed E-state index contributed by atoms with van der Waals surface area (Å²) in [5.74, 6) is -0.900.